The standard InChI is InChI=1S/C16H21ClFN3O2/c1-20-6-7-23-15(10-20)16(22)19-11-4-5-21(9-11)12-2-3-13(17)14(18)8-12/h2-3,8,11,15H,4-7,9-10H2,1H3,(H,19,22)/t11-,15-/m0/s1. The van der Waals surface area contributed by atoms with E-state index in [1.54, 1.807) is 12.1 Å². The summed E-state index contributed by atoms with van der Waals surface area (Å²) in [5, 5.41) is 3.16. The van der Waals surface area contributed by atoms with Crippen molar-refractivity contribution in [2.24, 2.45) is 0 Å². The number of morpholine rings is 1. The first-order valence-corrected chi connectivity index (χ1v) is 8.21. The zero-order valence-electron chi connectivity index (χ0n) is 13.1. The lowest BCUT2D eigenvalue weighted by atomic mass is 10.2. The van der Waals surface area contributed by atoms with Crippen molar-refractivity contribution in [3.63, 3.8) is 0 Å². The molecule has 2 heterocycles. The molecule has 1 amide bonds. The third kappa shape index (κ3) is 3.94. The summed E-state index contributed by atoms with van der Waals surface area (Å²) >= 11 is 5.71. The number of amides is 1. The van der Waals surface area contributed by atoms with Gasteiger partial charge in [-0.05, 0) is 31.7 Å². The Morgan fingerprint density at radius 2 is 2.22 bits per heavy atom. The van der Waals surface area contributed by atoms with Gasteiger partial charge in [-0.15, -0.1) is 0 Å². The maximum absolute atomic E-state index is 13.6. The maximum Gasteiger partial charge on any atom is 0.250 e. The first kappa shape index (κ1) is 16.5. The van der Waals surface area contributed by atoms with Gasteiger partial charge in [-0.2, -0.15) is 0 Å². The van der Waals surface area contributed by atoms with Crippen LogP contribution in [0.3, 0.4) is 0 Å². The van der Waals surface area contributed by atoms with Gasteiger partial charge >= 0.3 is 0 Å². The van der Waals surface area contributed by atoms with Crippen molar-refractivity contribution in [2.45, 2.75) is 18.6 Å². The molecule has 2 fully saturated rings. The Bertz CT molecular complexity index is 586. The molecule has 3 rings (SSSR count). The highest BCUT2D eigenvalue weighted by atomic mass is 35.5. The fourth-order valence-electron chi connectivity index (χ4n) is 3.02. The molecule has 2 aliphatic rings. The number of hydrogen-bond acceptors (Lipinski definition) is 4. The number of benzene rings is 1. The number of carbonyl (C=O) groups is 1. The molecule has 2 aliphatic heterocycles. The van der Waals surface area contributed by atoms with Crippen LogP contribution in [-0.2, 0) is 9.53 Å². The van der Waals surface area contributed by atoms with Gasteiger partial charge in [0, 0.05) is 37.9 Å². The summed E-state index contributed by atoms with van der Waals surface area (Å²) in [6.07, 6.45) is 0.425. The Morgan fingerprint density at radius 1 is 1.39 bits per heavy atom. The number of nitrogens with zero attached hydrogens (tertiary/aromatic N) is 2. The van der Waals surface area contributed by atoms with Gasteiger partial charge < -0.3 is 19.9 Å². The maximum atomic E-state index is 13.6. The van der Waals surface area contributed by atoms with E-state index in [-0.39, 0.29) is 17.0 Å². The van der Waals surface area contributed by atoms with E-state index < -0.39 is 11.9 Å². The SMILES string of the molecule is CN1CCO[C@H](C(=O)N[C@H]2CCN(c3ccc(Cl)c(F)c3)C2)C1. The van der Waals surface area contributed by atoms with Crippen LogP contribution >= 0.6 is 11.6 Å². The quantitative estimate of drug-likeness (QED) is 0.905. The van der Waals surface area contributed by atoms with E-state index in [1.165, 1.54) is 6.07 Å². The average molecular weight is 342 g/mol. The van der Waals surface area contributed by atoms with Crippen molar-refractivity contribution in [1.82, 2.24) is 10.2 Å². The first-order valence-electron chi connectivity index (χ1n) is 7.83. The summed E-state index contributed by atoms with van der Waals surface area (Å²) < 4.78 is 19.1. The minimum absolute atomic E-state index is 0.0528. The van der Waals surface area contributed by atoms with Crippen LogP contribution < -0.4 is 10.2 Å². The van der Waals surface area contributed by atoms with Crippen LogP contribution in [0.1, 0.15) is 6.42 Å². The van der Waals surface area contributed by atoms with Gasteiger partial charge in [0.2, 0.25) is 0 Å². The van der Waals surface area contributed by atoms with Crippen molar-refractivity contribution in [3.8, 4) is 0 Å². The molecule has 0 spiro atoms. The fourth-order valence-corrected chi connectivity index (χ4v) is 3.14. The molecule has 7 heteroatoms. The minimum atomic E-state index is -0.421. The molecule has 2 saturated heterocycles. The molecule has 0 unspecified atom stereocenters. The van der Waals surface area contributed by atoms with Gasteiger partial charge in [0.25, 0.3) is 5.91 Å². The minimum Gasteiger partial charge on any atom is -0.369 e. The Morgan fingerprint density at radius 3 is 2.96 bits per heavy atom. The molecule has 0 radical (unpaired) electrons. The van der Waals surface area contributed by atoms with Gasteiger partial charge in [0.05, 0.1) is 11.6 Å². The van der Waals surface area contributed by atoms with E-state index in [0.29, 0.717) is 19.7 Å². The molecule has 5 nitrogen and oxygen atoms in total. The van der Waals surface area contributed by atoms with E-state index in [2.05, 4.69) is 15.1 Å². The topological polar surface area (TPSA) is 44.8 Å². The smallest absolute Gasteiger partial charge is 0.250 e. The predicted octanol–water partition coefficient (Wildman–Crippen LogP) is 1.50. The molecule has 126 valence electrons. The summed E-state index contributed by atoms with van der Waals surface area (Å²) in [4.78, 5) is 16.4. The summed E-state index contributed by atoms with van der Waals surface area (Å²) in [5.41, 5.74) is 0.789. The van der Waals surface area contributed by atoms with Crippen molar-refractivity contribution in [1.29, 1.82) is 0 Å². The average Bonchev–Trinajstić information content (AvgIpc) is 2.98. The summed E-state index contributed by atoms with van der Waals surface area (Å²) in [6, 6.07) is 4.85. The van der Waals surface area contributed by atoms with Crippen LogP contribution in [0.4, 0.5) is 10.1 Å². The predicted molar refractivity (Wildman–Crippen MR) is 87.4 cm³/mol. The zero-order chi connectivity index (χ0) is 16.4. The Hall–Kier alpha value is -1.37. The lowest BCUT2D eigenvalue weighted by molar-refractivity contribution is -0.138. The van der Waals surface area contributed by atoms with Crippen LogP contribution in [0, 0.1) is 5.82 Å². The van der Waals surface area contributed by atoms with Crippen LogP contribution in [0.5, 0.6) is 0 Å². The summed E-state index contributed by atoms with van der Waals surface area (Å²) in [7, 11) is 1.98. The van der Waals surface area contributed by atoms with E-state index in [1.807, 2.05) is 7.05 Å². The molecule has 0 saturated carbocycles. The molecular formula is C16H21ClFN3O2. The first-order chi connectivity index (χ1) is 11.0. The van der Waals surface area contributed by atoms with Crippen LogP contribution in [-0.4, -0.2) is 62.8 Å². The molecular weight excluding hydrogens is 321 g/mol. The third-order valence-corrected chi connectivity index (χ3v) is 4.67. The number of ether oxygens (including phenoxy) is 1. The van der Waals surface area contributed by atoms with Crippen LogP contribution in [0.2, 0.25) is 5.02 Å². The lowest BCUT2D eigenvalue weighted by Gasteiger charge is -2.30. The van der Waals surface area contributed by atoms with Gasteiger partial charge in [-0.25, -0.2) is 4.39 Å². The second-order valence-electron chi connectivity index (χ2n) is 6.16. The lowest BCUT2D eigenvalue weighted by Crippen LogP contribution is -2.51. The Balaban J connectivity index is 1.55. The van der Waals surface area contributed by atoms with E-state index in [9.17, 15) is 9.18 Å². The van der Waals surface area contributed by atoms with Crippen molar-refractivity contribution in [2.75, 3.05) is 44.7 Å². The highest BCUT2D eigenvalue weighted by Crippen LogP contribution is 2.25. The van der Waals surface area contributed by atoms with Crippen molar-refractivity contribution in [3.05, 3.63) is 29.0 Å². The molecule has 0 bridgehead atoms. The van der Waals surface area contributed by atoms with Crippen molar-refractivity contribution < 1.29 is 13.9 Å². The number of rotatable bonds is 3. The Kier molecular flexibility index (Phi) is 5.04. The van der Waals surface area contributed by atoms with Gasteiger partial charge in [-0.3, -0.25) is 4.79 Å². The zero-order valence-corrected chi connectivity index (χ0v) is 13.9. The third-order valence-electron chi connectivity index (χ3n) is 4.36. The molecule has 23 heavy (non-hydrogen) atoms. The number of anilines is 1. The van der Waals surface area contributed by atoms with Crippen LogP contribution in [0.15, 0.2) is 18.2 Å². The molecule has 1 N–H and O–H groups in total. The number of nitrogens with one attached hydrogen (secondary N) is 1. The normalized spacial score (nSPS) is 25.6. The molecule has 1 aromatic rings. The molecule has 1 aromatic carbocycles. The molecule has 0 aliphatic carbocycles. The summed E-state index contributed by atoms with van der Waals surface area (Å²) in [5.74, 6) is -0.485. The monoisotopic (exact) mass is 341 g/mol. The largest absolute Gasteiger partial charge is 0.369 e. The highest BCUT2D eigenvalue weighted by molar-refractivity contribution is 6.30. The number of halogens is 2. The van der Waals surface area contributed by atoms with Gasteiger partial charge in [0.15, 0.2) is 0 Å². The molecule has 2 atom stereocenters. The van der Waals surface area contributed by atoms with Crippen molar-refractivity contribution >= 4 is 23.2 Å². The van der Waals surface area contributed by atoms with Crippen LogP contribution in [0.25, 0.3) is 0 Å². The number of hydrogen-bond donors (Lipinski definition) is 1. The van der Waals surface area contributed by atoms with E-state index in [4.69, 9.17) is 16.3 Å². The van der Waals surface area contributed by atoms with Gasteiger partial charge in [0.1, 0.15) is 11.9 Å². The number of carbonyl (C=O) groups excluding carboxylic acids is 1. The molecule has 0 aromatic heterocycles. The van der Waals surface area contributed by atoms with E-state index >= 15 is 0 Å². The second-order valence-corrected chi connectivity index (χ2v) is 6.57. The number of likely N-dealkylation sites (N-methyl/N-ethyl adjacent to an activating group) is 1. The van der Waals surface area contributed by atoms with E-state index in [0.717, 1.165) is 25.2 Å². The summed E-state index contributed by atoms with van der Waals surface area (Å²) in [6.45, 7) is 3.48. The fraction of sp³-hybridized carbons (Fsp3) is 0.562. The Labute approximate surface area is 140 Å². The highest BCUT2D eigenvalue weighted by Gasteiger charge is 2.29. The second kappa shape index (κ2) is 7.03. The van der Waals surface area contributed by atoms with Gasteiger partial charge in [-0.1, -0.05) is 11.6 Å².